The van der Waals surface area contributed by atoms with Gasteiger partial charge >= 0.3 is 0 Å². The van der Waals surface area contributed by atoms with E-state index in [2.05, 4.69) is 20.2 Å². The summed E-state index contributed by atoms with van der Waals surface area (Å²) in [6.45, 7) is 1.60. The summed E-state index contributed by atoms with van der Waals surface area (Å²) in [7, 11) is 5.91. The fourth-order valence-corrected chi connectivity index (χ4v) is 4.10. The van der Waals surface area contributed by atoms with Crippen molar-refractivity contribution in [1.82, 2.24) is 20.2 Å². The predicted octanol–water partition coefficient (Wildman–Crippen LogP) is 3.30. The van der Waals surface area contributed by atoms with Crippen LogP contribution in [-0.4, -0.2) is 64.4 Å². The number of nitrogens with zero attached hydrogens (tertiary/aromatic N) is 1. The van der Waals surface area contributed by atoms with Crippen molar-refractivity contribution in [3.05, 3.63) is 41.6 Å². The largest absolute Gasteiger partial charge is 0.507 e. The third-order valence-electron chi connectivity index (χ3n) is 5.64. The molecule has 158 valence electrons. The number of likely N-dealkylation sites (N-methyl/N-ethyl adjacent to an activating group) is 2. The SMILES string of the molecule is CNCCc1c[nH]c2c(-c3[nH]c4ccc(O)c(O)c4c3CCN(C)C)ccc(O)c12. The quantitative estimate of drug-likeness (QED) is 0.263. The van der Waals surface area contributed by atoms with Crippen LogP contribution in [0.5, 0.6) is 17.2 Å². The molecule has 0 spiro atoms. The standard InChI is InChI=1S/C23H28N4O3/c1-24-10-8-13-12-25-22-15(4-6-17(28)19(13)22)21-14(9-11-27(2)3)20-16(26-21)5-7-18(29)23(20)30/h4-7,12,24-26,28-30H,8-11H2,1-3H3. The van der Waals surface area contributed by atoms with Crippen molar-refractivity contribution in [3.63, 3.8) is 0 Å². The zero-order chi connectivity index (χ0) is 21.4. The maximum atomic E-state index is 10.6. The lowest BCUT2D eigenvalue weighted by Gasteiger charge is -2.12. The van der Waals surface area contributed by atoms with Crippen LogP contribution in [0.2, 0.25) is 0 Å². The van der Waals surface area contributed by atoms with E-state index < -0.39 is 0 Å². The number of nitrogens with one attached hydrogen (secondary N) is 3. The van der Waals surface area contributed by atoms with E-state index >= 15 is 0 Å². The van der Waals surface area contributed by atoms with Gasteiger partial charge in [-0.2, -0.15) is 0 Å². The Hall–Kier alpha value is -3.16. The number of phenols is 3. The van der Waals surface area contributed by atoms with Gasteiger partial charge in [-0.05, 0) is 75.9 Å². The monoisotopic (exact) mass is 408 g/mol. The Morgan fingerprint density at radius 2 is 1.73 bits per heavy atom. The Morgan fingerprint density at radius 3 is 2.47 bits per heavy atom. The molecule has 0 bridgehead atoms. The molecule has 0 radical (unpaired) electrons. The molecule has 0 atom stereocenters. The second kappa shape index (κ2) is 7.93. The van der Waals surface area contributed by atoms with Crippen molar-refractivity contribution >= 4 is 21.8 Å². The zero-order valence-electron chi connectivity index (χ0n) is 17.5. The lowest BCUT2D eigenvalue weighted by molar-refractivity contribution is 0.406. The number of phenolic OH excluding ortho intramolecular Hbond substituents is 3. The van der Waals surface area contributed by atoms with Gasteiger partial charge in [0, 0.05) is 29.1 Å². The second-order valence-corrected chi connectivity index (χ2v) is 7.94. The summed E-state index contributed by atoms with van der Waals surface area (Å²) in [6.07, 6.45) is 3.42. The highest BCUT2D eigenvalue weighted by atomic mass is 16.3. The molecule has 0 fully saturated rings. The molecule has 30 heavy (non-hydrogen) atoms. The van der Waals surface area contributed by atoms with Crippen LogP contribution in [0.15, 0.2) is 30.5 Å². The van der Waals surface area contributed by atoms with E-state index in [1.165, 1.54) is 6.07 Å². The molecule has 0 aliphatic heterocycles. The summed E-state index contributed by atoms with van der Waals surface area (Å²) in [5.74, 6) is -0.00301. The number of H-pyrrole nitrogens is 2. The van der Waals surface area contributed by atoms with Gasteiger partial charge in [-0.1, -0.05) is 0 Å². The number of rotatable bonds is 7. The average molecular weight is 409 g/mol. The van der Waals surface area contributed by atoms with Gasteiger partial charge < -0.3 is 35.5 Å². The molecule has 2 aromatic heterocycles. The van der Waals surface area contributed by atoms with Crippen molar-refractivity contribution in [2.75, 3.05) is 34.2 Å². The van der Waals surface area contributed by atoms with Crippen molar-refractivity contribution in [2.45, 2.75) is 12.8 Å². The van der Waals surface area contributed by atoms with Gasteiger partial charge in [0.25, 0.3) is 0 Å². The van der Waals surface area contributed by atoms with Gasteiger partial charge in [0.05, 0.1) is 16.7 Å². The molecule has 4 rings (SSSR count). The minimum atomic E-state index is -0.135. The molecule has 6 N–H and O–H groups in total. The van der Waals surface area contributed by atoms with Crippen molar-refractivity contribution < 1.29 is 15.3 Å². The number of aromatic nitrogens is 2. The van der Waals surface area contributed by atoms with E-state index in [9.17, 15) is 15.3 Å². The fourth-order valence-electron chi connectivity index (χ4n) is 4.10. The molecule has 0 saturated heterocycles. The Balaban J connectivity index is 1.96. The molecule has 2 aromatic carbocycles. The first-order chi connectivity index (χ1) is 14.4. The number of aromatic amines is 2. The van der Waals surface area contributed by atoms with Gasteiger partial charge in [0.15, 0.2) is 11.5 Å². The molecule has 7 nitrogen and oxygen atoms in total. The predicted molar refractivity (Wildman–Crippen MR) is 120 cm³/mol. The molecule has 0 unspecified atom stereocenters. The number of aromatic hydroxyl groups is 3. The molecule has 7 heteroatoms. The van der Waals surface area contributed by atoms with Crippen molar-refractivity contribution in [3.8, 4) is 28.5 Å². The lowest BCUT2D eigenvalue weighted by atomic mass is 9.98. The molecular formula is C23H28N4O3. The summed E-state index contributed by atoms with van der Waals surface area (Å²) >= 11 is 0. The lowest BCUT2D eigenvalue weighted by Crippen LogP contribution is -2.15. The molecule has 0 amide bonds. The average Bonchev–Trinajstić information content (AvgIpc) is 3.30. The Labute approximate surface area is 175 Å². The normalized spacial score (nSPS) is 11.9. The number of benzene rings is 2. The summed E-state index contributed by atoms with van der Waals surface area (Å²) in [5, 5.41) is 35.8. The van der Waals surface area contributed by atoms with Crippen LogP contribution >= 0.6 is 0 Å². The minimum Gasteiger partial charge on any atom is -0.507 e. The fraction of sp³-hybridized carbons (Fsp3) is 0.304. The first-order valence-corrected chi connectivity index (χ1v) is 10.1. The highest BCUT2D eigenvalue weighted by Gasteiger charge is 2.21. The summed E-state index contributed by atoms with van der Waals surface area (Å²) in [6, 6.07) is 6.87. The van der Waals surface area contributed by atoms with Crippen LogP contribution in [0.4, 0.5) is 0 Å². The first kappa shape index (κ1) is 20.1. The van der Waals surface area contributed by atoms with Crippen LogP contribution in [0.1, 0.15) is 11.1 Å². The van der Waals surface area contributed by atoms with Crippen LogP contribution in [0.25, 0.3) is 33.1 Å². The minimum absolute atomic E-state index is 0.111. The highest BCUT2D eigenvalue weighted by Crippen LogP contribution is 2.43. The number of hydrogen-bond donors (Lipinski definition) is 6. The number of fused-ring (bicyclic) bond motifs is 2. The summed E-state index contributed by atoms with van der Waals surface area (Å²) in [5.41, 5.74) is 5.39. The van der Waals surface area contributed by atoms with E-state index in [-0.39, 0.29) is 17.2 Å². The van der Waals surface area contributed by atoms with Crippen LogP contribution in [0, 0.1) is 0 Å². The molecule has 4 aromatic rings. The molecule has 0 saturated carbocycles. The summed E-state index contributed by atoms with van der Waals surface area (Å²) in [4.78, 5) is 8.85. The molecular weight excluding hydrogens is 380 g/mol. The van der Waals surface area contributed by atoms with E-state index in [0.717, 1.165) is 58.3 Å². The Kier molecular flexibility index (Phi) is 5.32. The Bertz CT molecular complexity index is 1210. The van der Waals surface area contributed by atoms with Gasteiger partial charge in [0.2, 0.25) is 0 Å². The topological polar surface area (TPSA) is 108 Å². The van der Waals surface area contributed by atoms with Crippen molar-refractivity contribution in [2.24, 2.45) is 0 Å². The maximum Gasteiger partial charge on any atom is 0.167 e. The van der Waals surface area contributed by atoms with Gasteiger partial charge in [-0.15, -0.1) is 0 Å². The van der Waals surface area contributed by atoms with E-state index in [0.29, 0.717) is 11.8 Å². The van der Waals surface area contributed by atoms with E-state index in [4.69, 9.17) is 0 Å². The third-order valence-corrected chi connectivity index (χ3v) is 5.64. The van der Waals surface area contributed by atoms with E-state index in [1.807, 2.05) is 33.4 Å². The smallest absolute Gasteiger partial charge is 0.167 e. The van der Waals surface area contributed by atoms with Crippen LogP contribution in [-0.2, 0) is 12.8 Å². The highest BCUT2D eigenvalue weighted by molar-refractivity contribution is 6.04. The van der Waals surface area contributed by atoms with Gasteiger partial charge in [-0.25, -0.2) is 0 Å². The van der Waals surface area contributed by atoms with Gasteiger partial charge in [0.1, 0.15) is 5.75 Å². The van der Waals surface area contributed by atoms with Crippen molar-refractivity contribution in [1.29, 1.82) is 0 Å². The maximum absolute atomic E-state index is 10.6. The zero-order valence-corrected chi connectivity index (χ0v) is 17.5. The summed E-state index contributed by atoms with van der Waals surface area (Å²) < 4.78 is 0. The van der Waals surface area contributed by atoms with Crippen LogP contribution in [0.3, 0.4) is 0 Å². The second-order valence-electron chi connectivity index (χ2n) is 7.94. The Morgan fingerprint density at radius 1 is 0.967 bits per heavy atom. The van der Waals surface area contributed by atoms with E-state index in [1.54, 1.807) is 12.1 Å². The first-order valence-electron chi connectivity index (χ1n) is 10.1. The number of hydrogen-bond acceptors (Lipinski definition) is 5. The van der Waals surface area contributed by atoms with Crippen LogP contribution < -0.4 is 5.32 Å². The van der Waals surface area contributed by atoms with Gasteiger partial charge in [-0.3, -0.25) is 0 Å². The third kappa shape index (κ3) is 3.36. The molecule has 0 aliphatic carbocycles. The molecule has 0 aliphatic rings. The molecule has 2 heterocycles.